The maximum atomic E-state index is 4.44. The van der Waals surface area contributed by atoms with Crippen molar-refractivity contribution in [2.75, 3.05) is 31.5 Å². The summed E-state index contributed by atoms with van der Waals surface area (Å²) in [6.07, 6.45) is 7.70. The van der Waals surface area contributed by atoms with Crippen molar-refractivity contribution < 1.29 is 0 Å². The number of aryl methyl sites for hydroxylation is 8. The molecule has 0 N–H and O–H groups in total. The van der Waals surface area contributed by atoms with Crippen LogP contribution in [-0.2, 0) is 24.7 Å². The van der Waals surface area contributed by atoms with Gasteiger partial charge in [0.1, 0.15) is 0 Å². The SMILES string of the molecule is Cc1ccc2c(c1)C=Cc1ccccc1N2c1ccccc1.Cc1ccc2c(c1)CCc1ccccc1N2C.Cc1ccc2c(c1)N(c1ccccc1)c1ccccc1C2.Cc1ccc2c(c1)N(c1ccccc1)c1ccccc1C2(C)C.Cc1ccc2c(c1)N(c1ccccc1)c1ccccc1C2c1ccccc1.Cc1cccc(-c2ccccc2)n1. The molecule has 0 aliphatic carbocycles. The summed E-state index contributed by atoms with van der Waals surface area (Å²) in [5, 5.41) is 0. The van der Waals surface area contributed by atoms with Crippen molar-refractivity contribution >= 4 is 91.8 Å². The van der Waals surface area contributed by atoms with E-state index in [1.165, 1.54) is 174 Å². The predicted molar refractivity (Wildman–Crippen MR) is 522 cm³/mol. The van der Waals surface area contributed by atoms with Gasteiger partial charge in [-0.05, 0) is 260 Å². The van der Waals surface area contributed by atoms with Crippen LogP contribution >= 0.6 is 0 Å². The molecular formula is C117H104N6. The van der Waals surface area contributed by atoms with Gasteiger partial charge in [-0.25, -0.2) is 0 Å². The van der Waals surface area contributed by atoms with Crippen LogP contribution in [0.25, 0.3) is 23.4 Å². The fraction of sp³-hybridized carbons (Fsp3) is 0.120. The normalized spacial score (nSPS) is 13.5. The van der Waals surface area contributed by atoms with Gasteiger partial charge in [-0.15, -0.1) is 0 Å². The van der Waals surface area contributed by atoms with E-state index in [1.54, 1.807) is 0 Å². The molecule has 0 saturated carbocycles. The summed E-state index contributed by atoms with van der Waals surface area (Å²) in [6, 6.07) is 147. The summed E-state index contributed by atoms with van der Waals surface area (Å²) in [4.78, 5) is 16.3. The Bertz CT molecular complexity index is 6560. The van der Waals surface area contributed by atoms with E-state index in [1.807, 2.05) is 43.3 Å². The molecule has 1 unspecified atom stereocenters. The minimum Gasteiger partial charge on any atom is -0.344 e. The number of rotatable bonds is 6. The number of aromatic nitrogens is 1. The first kappa shape index (κ1) is 80.8. The number of hydrogen-bond donors (Lipinski definition) is 0. The lowest BCUT2D eigenvalue weighted by molar-refractivity contribution is 0.631. The van der Waals surface area contributed by atoms with Crippen LogP contribution in [0.15, 0.2) is 413 Å². The molecule has 6 heteroatoms. The number of benzene rings is 16. The number of para-hydroxylation sites is 9. The Morgan fingerprint density at radius 2 is 0.675 bits per heavy atom. The molecule has 5 aliphatic rings. The van der Waals surface area contributed by atoms with Crippen molar-refractivity contribution in [3.8, 4) is 11.3 Å². The van der Waals surface area contributed by atoms with Crippen LogP contribution in [0, 0.1) is 41.5 Å². The average Bonchev–Trinajstić information content (AvgIpc) is 1.51. The topological polar surface area (TPSA) is 29.1 Å². The van der Waals surface area contributed by atoms with E-state index in [2.05, 4.69) is 473 Å². The average molecular weight is 1590 g/mol. The minimum atomic E-state index is 0.00487. The van der Waals surface area contributed by atoms with Gasteiger partial charge in [0, 0.05) is 81.6 Å². The Kier molecular flexibility index (Phi) is 24.0. The highest BCUT2D eigenvalue weighted by molar-refractivity contribution is 5.94. The first-order valence-electron chi connectivity index (χ1n) is 43.0. The van der Waals surface area contributed by atoms with Gasteiger partial charge in [0.05, 0.1) is 39.8 Å². The Balaban J connectivity index is 0.000000106. The molecule has 17 aromatic rings. The van der Waals surface area contributed by atoms with Gasteiger partial charge >= 0.3 is 0 Å². The highest BCUT2D eigenvalue weighted by Crippen LogP contribution is 2.54. The molecule has 6 nitrogen and oxygen atoms in total. The summed E-state index contributed by atoms with van der Waals surface area (Å²) in [7, 11) is 2.16. The van der Waals surface area contributed by atoms with Crippen LogP contribution in [0.3, 0.4) is 0 Å². The number of pyridine rings is 1. The monoisotopic (exact) mass is 1590 g/mol. The third-order valence-corrected chi connectivity index (χ3v) is 24.0. The van der Waals surface area contributed by atoms with Gasteiger partial charge in [0.25, 0.3) is 0 Å². The molecule has 1 atom stereocenters. The van der Waals surface area contributed by atoms with Crippen LogP contribution in [0.1, 0.15) is 114 Å². The Labute approximate surface area is 728 Å². The molecule has 0 amide bonds. The highest BCUT2D eigenvalue weighted by atomic mass is 15.2. The van der Waals surface area contributed by atoms with E-state index >= 15 is 0 Å². The molecule has 22 rings (SSSR count). The van der Waals surface area contributed by atoms with Crippen LogP contribution in [0.5, 0.6) is 0 Å². The van der Waals surface area contributed by atoms with Crippen LogP contribution < -0.4 is 24.5 Å². The third kappa shape index (κ3) is 17.5. The van der Waals surface area contributed by atoms with Gasteiger partial charge in [0.15, 0.2) is 0 Å². The van der Waals surface area contributed by atoms with Crippen molar-refractivity contribution in [2.24, 2.45) is 0 Å². The zero-order valence-electron chi connectivity index (χ0n) is 71.8. The molecule has 0 saturated heterocycles. The van der Waals surface area contributed by atoms with Gasteiger partial charge in [-0.1, -0.05) is 322 Å². The maximum absolute atomic E-state index is 4.44. The molecule has 1 aromatic heterocycles. The van der Waals surface area contributed by atoms with E-state index in [0.29, 0.717) is 0 Å². The molecule has 0 radical (unpaired) electrons. The molecular weight excluding hydrogens is 1490 g/mol. The summed E-state index contributed by atoms with van der Waals surface area (Å²) in [5.41, 5.74) is 42.4. The van der Waals surface area contributed by atoms with E-state index in [-0.39, 0.29) is 11.3 Å². The largest absolute Gasteiger partial charge is 0.344 e. The Hall–Kier alpha value is -14.6. The number of fused-ring (bicyclic) bond motifs is 10. The molecule has 16 aromatic carbocycles. The maximum Gasteiger partial charge on any atom is 0.0705 e. The van der Waals surface area contributed by atoms with Gasteiger partial charge in [-0.2, -0.15) is 0 Å². The molecule has 123 heavy (non-hydrogen) atoms. The predicted octanol–water partition coefficient (Wildman–Crippen LogP) is 31.3. The zero-order chi connectivity index (χ0) is 84.3. The van der Waals surface area contributed by atoms with Gasteiger partial charge in [0.2, 0.25) is 0 Å². The first-order chi connectivity index (χ1) is 60.2. The third-order valence-electron chi connectivity index (χ3n) is 24.0. The van der Waals surface area contributed by atoms with Gasteiger partial charge < -0.3 is 24.5 Å². The summed E-state index contributed by atoms with van der Waals surface area (Å²) >= 11 is 0. The lowest BCUT2D eigenvalue weighted by Crippen LogP contribution is -2.30. The zero-order valence-corrected chi connectivity index (χ0v) is 71.8. The molecule has 0 spiro atoms. The Morgan fingerprint density at radius 1 is 0.268 bits per heavy atom. The second-order valence-corrected chi connectivity index (χ2v) is 33.1. The lowest BCUT2D eigenvalue weighted by Gasteiger charge is -2.42. The quantitative estimate of drug-likeness (QED) is 0.165. The number of nitrogens with zero attached hydrogens (tertiary/aromatic N) is 6. The summed E-state index contributed by atoms with van der Waals surface area (Å²) < 4.78 is 0. The molecule has 6 heterocycles. The van der Waals surface area contributed by atoms with Crippen molar-refractivity contribution in [1.82, 2.24) is 4.98 Å². The number of anilines is 14. The van der Waals surface area contributed by atoms with E-state index < -0.39 is 0 Å². The second-order valence-electron chi connectivity index (χ2n) is 33.1. The van der Waals surface area contributed by atoms with Crippen LogP contribution in [0.4, 0.5) is 79.6 Å². The number of hydrogen-bond acceptors (Lipinski definition) is 6. The van der Waals surface area contributed by atoms with E-state index in [9.17, 15) is 0 Å². The van der Waals surface area contributed by atoms with Crippen molar-refractivity contribution in [1.29, 1.82) is 0 Å². The van der Waals surface area contributed by atoms with Crippen molar-refractivity contribution in [2.45, 2.75) is 86.0 Å². The summed E-state index contributed by atoms with van der Waals surface area (Å²) in [5.74, 6) is 0.248. The first-order valence-corrected chi connectivity index (χ1v) is 43.0. The standard InChI is InChI=1S/C26H21N.C22H21N.C21H17N.C20H17N.C16H17N.C12H11N/c1-19-16-17-23-25(18-19)27(21-12-6-3-7-13-21)24-15-9-8-14-22(24)26(23)20-10-4-2-5-11-20;1-16-13-14-19-21(15-16)23(17-9-5-4-6-10-17)20-12-8-7-11-18(20)22(19,2)3;1-16-11-14-21-18(15-16)13-12-17-7-5-6-10-20(17)22(21)19-8-3-2-4-9-19;1-15-11-12-17-14-16-7-5-6-10-19(16)21(20(17)13-15)18-8-3-2-4-9-18;1-12-7-10-16-14(11-12)9-8-13-5-3-4-6-15(13)17(16)2;1-10-6-5-9-12(13-10)11-7-3-2-4-8-11/h2-18,26H,1H3;4-15H,1-3H3;2-15H,1H3;2-13H,14H2,1H3;3-7,10-11H,8-9H2,1-2H3;2-9H,1H3. The van der Waals surface area contributed by atoms with Gasteiger partial charge in [-0.3, -0.25) is 4.98 Å². The molecule has 0 bridgehead atoms. The smallest absolute Gasteiger partial charge is 0.0705 e. The Morgan fingerprint density at radius 3 is 1.32 bits per heavy atom. The molecule has 5 aliphatic heterocycles. The van der Waals surface area contributed by atoms with Crippen LogP contribution in [0.2, 0.25) is 0 Å². The molecule has 0 fully saturated rings. The highest BCUT2D eigenvalue weighted by Gasteiger charge is 2.37. The molecule has 602 valence electrons. The lowest BCUT2D eigenvalue weighted by atomic mass is 9.73. The fourth-order valence-electron chi connectivity index (χ4n) is 18.0. The fourth-order valence-corrected chi connectivity index (χ4v) is 18.0. The van der Waals surface area contributed by atoms with Crippen LogP contribution in [-0.4, -0.2) is 12.0 Å². The second kappa shape index (κ2) is 36.6. The van der Waals surface area contributed by atoms with E-state index in [0.717, 1.165) is 30.7 Å². The van der Waals surface area contributed by atoms with Crippen molar-refractivity contribution in [3.63, 3.8) is 0 Å². The van der Waals surface area contributed by atoms with E-state index in [4.69, 9.17) is 0 Å². The minimum absolute atomic E-state index is 0.00487. The van der Waals surface area contributed by atoms with Crippen molar-refractivity contribution in [3.05, 3.63) is 507 Å². The summed E-state index contributed by atoms with van der Waals surface area (Å²) in [6.45, 7) is 17.4.